The first-order valence-electron chi connectivity index (χ1n) is 6.88. The summed E-state index contributed by atoms with van der Waals surface area (Å²) >= 11 is 11.9. The lowest BCUT2D eigenvalue weighted by atomic mass is 10.1. The summed E-state index contributed by atoms with van der Waals surface area (Å²) in [7, 11) is -3.24. The molecule has 0 fully saturated rings. The van der Waals surface area contributed by atoms with Crippen LogP contribution in [0, 0.1) is 0 Å². The molecule has 0 aliphatic heterocycles. The molecular weight excluding hydrogens is 357 g/mol. The molecule has 0 saturated carbocycles. The second-order valence-electron chi connectivity index (χ2n) is 4.90. The smallest absolute Gasteiger partial charge is 0.228 e. The number of nitrogens with one attached hydrogen (secondary N) is 1. The molecule has 0 spiro atoms. The fourth-order valence-corrected chi connectivity index (χ4v) is 3.18. The van der Waals surface area contributed by atoms with Crippen molar-refractivity contribution in [2.24, 2.45) is 0 Å². The molecule has 0 bridgehead atoms. The van der Waals surface area contributed by atoms with E-state index in [1.54, 1.807) is 37.3 Å². The van der Waals surface area contributed by atoms with E-state index in [0.29, 0.717) is 21.3 Å². The van der Waals surface area contributed by atoms with Gasteiger partial charge < -0.3 is 5.32 Å². The molecule has 1 amide bonds. The molecule has 23 heavy (non-hydrogen) atoms. The van der Waals surface area contributed by atoms with Gasteiger partial charge in [-0.05, 0) is 35.9 Å². The van der Waals surface area contributed by atoms with E-state index < -0.39 is 9.84 Å². The first-order chi connectivity index (χ1) is 10.8. The van der Waals surface area contributed by atoms with Crippen molar-refractivity contribution < 1.29 is 13.2 Å². The largest absolute Gasteiger partial charge is 0.324 e. The topological polar surface area (TPSA) is 63.2 Å². The number of benzene rings is 2. The van der Waals surface area contributed by atoms with Crippen LogP contribution < -0.4 is 5.32 Å². The van der Waals surface area contributed by atoms with Crippen LogP contribution >= 0.6 is 23.2 Å². The van der Waals surface area contributed by atoms with Crippen LogP contribution in [0.15, 0.2) is 47.4 Å². The maximum absolute atomic E-state index is 12.1. The zero-order chi connectivity index (χ0) is 17.0. The van der Waals surface area contributed by atoms with E-state index in [2.05, 4.69) is 5.32 Å². The molecule has 2 rings (SSSR count). The van der Waals surface area contributed by atoms with Crippen molar-refractivity contribution >= 4 is 44.6 Å². The van der Waals surface area contributed by atoms with Gasteiger partial charge >= 0.3 is 0 Å². The molecular formula is C16H15Cl2NO3S. The highest BCUT2D eigenvalue weighted by Gasteiger charge is 2.12. The summed E-state index contributed by atoms with van der Waals surface area (Å²) < 4.78 is 23.5. The average Bonchev–Trinajstić information content (AvgIpc) is 2.51. The third-order valence-corrected chi connectivity index (χ3v) is 5.54. The van der Waals surface area contributed by atoms with Crippen LogP contribution in [0.4, 0.5) is 5.69 Å². The number of carbonyl (C=O) groups excluding carboxylic acids is 1. The molecule has 4 nitrogen and oxygen atoms in total. The lowest BCUT2D eigenvalue weighted by molar-refractivity contribution is -0.115. The van der Waals surface area contributed by atoms with Crippen LogP contribution in [0.25, 0.3) is 0 Å². The molecule has 0 saturated heterocycles. The number of amides is 1. The van der Waals surface area contributed by atoms with E-state index in [0.717, 1.165) is 0 Å². The Bertz CT molecular complexity index is 818. The van der Waals surface area contributed by atoms with E-state index in [9.17, 15) is 13.2 Å². The predicted octanol–water partition coefficient (Wildman–Crippen LogP) is 3.97. The van der Waals surface area contributed by atoms with Gasteiger partial charge in [0.15, 0.2) is 9.84 Å². The second-order valence-corrected chi connectivity index (χ2v) is 8.02. The third-order valence-electron chi connectivity index (χ3n) is 3.23. The standard InChI is InChI=1S/C16H15Cl2NO3S/c1-2-23(21,22)13-6-3-11(4-7-13)9-16(20)19-15-10-12(17)5-8-14(15)18/h3-8,10H,2,9H2,1H3,(H,19,20). The highest BCUT2D eigenvalue weighted by Crippen LogP contribution is 2.25. The Morgan fingerprint density at radius 2 is 1.74 bits per heavy atom. The Morgan fingerprint density at radius 3 is 2.35 bits per heavy atom. The summed E-state index contributed by atoms with van der Waals surface area (Å²) in [5.41, 5.74) is 1.14. The molecule has 0 heterocycles. The number of sulfone groups is 1. The minimum atomic E-state index is -3.24. The van der Waals surface area contributed by atoms with Crippen LogP contribution in [0.1, 0.15) is 12.5 Å². The van der Waals surface area contributed by atoms with Gasteiger partial charge in [0.2, 0.25) is 5.91 Å². The summed E-state index contributed by atoms with van der Waals surface area (Å²) in [6.45, 7) is 1.59. The first kappa shape index (κ1) is 17.8. The summed E-state index contributed by atoms with van der Waals surface area (Å²) in [6.07, 6.45) is 0.106. The normalized spacial score (nSPS) is 11.3. The van der Waals surface area contributed by atoms with Crippen molar-refractivity contribution in [1.82, 2.24) is 0 Å². The fraction of sp³-hybridized carbons (Fsp3) is 0.188. The molecule has 122 valence electrons. The maximum Gasteiger partial charge on any atom is 0.228 e. The van der Waals surface area contributed by atoms with Gasteiger partial charge in [0.1, 0.15) is 0 Å². The Labute approximate surface area is 145 Å². The van der Waals surface area contributed by atoms with Crippen LogP contribution in [0.3, 0.4) is 0 Å². The number of carbonyl (C=O) groups is 1. The highest BCUT2D eigenvalue weighted by molar-refractivity contribution is 7.91. The average molecular weight is 372 g/mol. The minimum Gasteiger partial charge on any atom is -0.324 e. The van der Waals surface area contributed by atoms with Gasteiger partial charge in [-0.15, -0.1) is 0 Å². The molecule has 0 radical (unpaired) electrons. The van der Waals surface area contributed by atoms with Gasteiger partial charge in [0.05, 0.1) is 27.8 Å². The Kier molecular flexibility index (Phi) is 5.68. The minimum absolute atomic E-state index is 0.0418. The predicted molar refractivity (Wildman–Crippen MR) is 93.0 cm³/mol. The van der Waals surface area contributed by atoms with Crippen molar-refractivity contribution in [1.29, 1.82) is 0 Å². The summed E-state index contributed by atoms with van der Waals surface area (Å²) in [5.74, 6) is -0.222. The highest BCUT2D eigenvalue weighted by atomic mass is 35.5. The maximum atomic E-state index is 12.1. The number of rotatable bonds is 5. The van der Waals surface area contributed by atoms with Gasteiger partial charge in [-0.1, -0.05) is 42.3 Å². The van der Waals surface area contributed by atoms with Crippen LogP contribution in [0.5, 0.6) is 0 Å². The number of halogens is 2. The molecule has 0 aliphatic rings. The van der Waals surface area contributed by atoms with Crippen molar-refractivity contribution in [2.45, 2.75) is 18.2 Å². The van der Waals surface area contributed by atoms with Crippen molar-refractivity contribution in [3.05, 3.63) is 58.1 Å². The third kappa shape index (κ3) is 4.70. The molecule has 0 unspecified atom stereocenters. The quantitative estimate of drug-likeness (QED) is 0.864. The van der Waals surface area contributed by atoms with Gasteiger partial charge in [-0.2, -0.15) is 0 Å². The van der Waals surface area contributed by atoms with Crippen LogP contribution in [0.2, 0.25) is 10.0 Å². The molecule has 1 N–H and O–H groups in total. The molecule has 2 aromatic carbocycles. The molecule has 7 heteroatoms. The first-order valence-corrected chi connectivity index (χ1v) is 9.29. The summed E-state index contributed by atoms with van der Waals surface area (Å²) in [4.78, 5) is 12.3. The molecule has 0 atom stereocenters. The molecule has 0 aliphatic carbocycles. The second kappa shape index (κ2) is 7.34. The SMILES string of the molecule is CCS(=O)(=O)c1ccc(CC(=O)Nc2cc(Cl)ccc2Cl)cc1. The van der Waals surface area contributed by atoms with Crippen LogP contribution in [-0.4, -0.2) is 20.1 Å². The van der Waals surface area contributed by atoms with Gasteiger partial charge in [0.25, 0.3) is 0 Å². The summed E-state index contributed by atoms with van der Waals surface area (Å²) in [5, 5.41) is 3.55. The van der Waals surface area contributed by atoms with Crippen molar-refractivity contribution in [2.75, 3.05) is 11.1 Å². The number of hydrogen-bond donors (Lipinski definition) is 1. The van der Waals surface area contributed by atoms with E-state index >= 15 is 0 Å². The monoisotopic (exact) mass is 371 g/mol. The Morgan fingerprint density at radius 1 is 1.09 bits per heavy atom. The van der Waals surface area contributed by atoms with Gasteiger partial charge in [-0.25, -0.2) is 8.42 Å². The zero-order valence-electron chi connectivity index (χ0n) is 12.3. The molecule has 0 aromatic heterocycles. The van der Waals surface area contributed by atoms with E-state index in [1.165, 1.54) is 12.1 Å². The van der Waals surface area contributed by atoms with Gasteiger partial charge in [-0.3, -0.25) is 4.79 Å². The van der Waals surface area contributed by atoms with E-state index in [1.807, 2.05) is 0 Å². The van der Waals surface area contributed by atoms with E-state index in [4.69, 9.17) is 23.2 Å². The van der Waals surface area contributed by atoms with Crippen LogP contribution in [-0.2, 0) is 21.1 Å². The van der Waals surface area contributed by atoms with E-state index in [-0.39, 0.29) is 23.0 Å². The fourth-order valence-electron chi connectivity index (χ4n) is 1.95. The number of anilines is 1. The van der Waals surface area contributed by atoms with Gasteiger partial charge in [0, 0.05) is 5.02 Å². The zero-order valence-corrected chi connectivity index (χ0v) is 14.7. The van der Waals surface area contributed by atoms with Crippen molar-refractivity contribution in [3.63, 3.8) is 0 Å². The Hall–Kier alpha value is -1.56. The molecule has 2 aromatic rings. The lowest BCUT2D eigenvalue weighted by Crippen LogP contribution is -2.14. The Balaban J connectivity index is 2.07. The van der Waals surface area contributed by atoms with Crippen molar-refractivity contribution in [3.8, 4) is 0 Å². The summed E-state index contributed by atoms with van der Waals surface area (Å²) in [6, 6.07) is 11.1. The lowest BCUT2D eigenvalue weighted by Gasteiger charge is -2.08. The number of hydrogen-bond acceptors (Lipinski definition) is 3.